The molecule has 0 amide bonds. The Morgan fingerprint density at radius 3 is 2.88 bits per heavy atom. The number of ether oxygens (including phenoxy) is 1. The summed E-state index contributed by atoms with van der Waals surface area (Å²) in [6.45, 7) is 0.476. The number of anilines is 1. The number of nitrogen functional groups attached to an aromatic ring is 1. The van der Waals surface area contributed by atoms with E-state index in [1.54, 1.807) is 18.2 Å². The number of carbonyl (C=O) groups excluding carboxylic acids is 1. The van der Waals surface area contributed by atoms with E-state index < -0.39 is 0 Å². The number of halogens is 1. The Labute approximate surface area is 99.5 Å². The van der Waals surface area contributed by atoms with Crippen LogP contribution in [0.5, 0.6) is 0 Å². The smallest absolute Gasteiger partial charge is 0.339 e. The molecule has 0 atom stereocenters. The number of nitrogens with two attached hydrogens (primary N) is 1. The average Bonchev–Trinajstić information content (AvgIpc) is 3.01. The summed E-state index contributed by atoms with van der Waals surface area (Å²) in [6.07, 6.45) is 3.48. The summed E-state index contributed by atoms with van der Waals surface area (Å²) >= 11 is 5.90. The molecule has 86 valence electrons. The van der Waals surface area contributed by atoms with E-state index in [1.165, 1.54) is 12.8 Å². The molecule has 4 heteroatoms. The predicted octanol–water partition coefficient (Wildman–Crippen LogP) is 2.88. The molecule has 0 heterocycles. The predicted molar refractivity (Wildman–Crippen MR) is 63.5 cm³/mol. The van der Waals surface area contributed by atoms with Crippen LogP contribution in [0.3, 0.4) is 0 Å². The molecule has 1 aromatic carbocycles. The Hall–Kier alpha value is -1.22. The monoisotopic (exact) mass is 239 g/mol. The highest BCUT2D eigenvalue weighted by atomic mass is 35.5. The minimum absolute atomic E-state index is 0.344. The molecule has 2 rings (SSSR count). The molecular formula is C12H14ClNO2. The lowest BCUT2D eigenvalue weighted by Crippen LogP contribution is -2.07. The zero-order valence-corrected chi connectivity index (χ0v) is 9.67. The van der Waals surface area contributed by atoms with Crippen molar-refractivity contribution in [2.45, 2.75) is 19.3 Å². The maximum absolute atomic E-state index is 11.6. The SMILES string of the molecule is Nc1ccc(C(=O)OCCC2CC2)c(Cl)c1. The van der Waals surface area contributed by atoms with E-state index in [0.29, 0.717) is 22.9 Å². The molecule has 0 aliphatic heterocycles. The van der Waals surface area contributed by atoms with E-state index in [9.17, 15) is 4.79 Å². The molecule has 0 spiro atoms. The van der Waals surface area contributed by atoms with Crippen LogP contribution < -0.4 is 5.73 Å². The van der Waals surface area contributed by atoms with E-state index in [4.69, 9.17) is 22.1 Å². The van der Waals surface area contributed by atoms with Gasteiger partial charge in [-0.3, -0.25) is 0 Å². The van der Waals surface area contributed by atoms with Gasteiger partial charge >= 0.3 is 5.97 Å². The van der Waals surface area contributed by atoms with E-state index in [0.717, 1.165) is 12.3 Å². The number of carbonyl (C=O) groups is 1. The maximum Gasteiger partial charge on any atom is 0.339 e. The van der Waals surface area contributed by atoms with Gasteiger partial charge in [0.25, 0.3) is 0 Å². The summed E-state index contributed by atoms with van der Waals surface area (Å²) in [6, 6.07) is 4.79. The van der Waals surface area contributed by atoms with Crippen molar-refractivity contribution in [3.8, 4) is 0 Å². The van der Waals surface area contributed by atoms with Gasteiger partial charge < -0.3 is 10.5 Å². The Balaban J connectivity index is 1.91. The molecule has 0 radical (unpaired) electrons. The van der Waals surface area contributed by atoms with Crippen LogP contribution in [0.1, 0.15) is 29.6 Å². The van der Waals surface area contributed by atoms with Gasteiger partial charge in [-0.15, -0.1) is 0 Å². The Morgan fingerprint density at radius 2 is 2.25 bits per heavy atom. The third-order valence-electron chi connectivity index (χ3n) is 2.67. The normalized spacial score (nSPS) is 14.8. The van der Waals surface area contributed by atoms with Crippen LogP contribution in [-0.2, 0) is 4.74 Å². The van der Waals surface area contributed by atoms with Crippen molar-refractivity contribution in [1.82, 2.24) is 0 Å². The van der Waals surface area contributed by atoms with E-state index >= 15 is 0 Å². The lowest BCUT2D eigenvalue weighted by Gasteiger charge is -2.06. The zero-order chi connectivity index (χ0) is 11.5. The summed E-state index contributed by atoms with van der Waals surface area (Å²) in [7, 11) is 0. The fourth-order valence-electron chi connectivity index (χ4n) is 1.50. The molecule has 1 fully saturated rings. The highest BCUT2D eigenvalue weighted by molar-refractivity contribution is 6.33. The van der Waals surface area contributed by atoms with E-state index in [-0.39, 0.29) is 5.97 Å². The summed E-state index contributed by atoms with van der Waals surface area (Å²) in [4.78, 5) is 11.6. The van der Waals surface area contributed by atoms with Gasteiger partial charge in [-0.1, -0.05) is 24.4 Å². The fraction of sp³-hybridized carbons (Fsp3) is 0.417. The van der Waals surface area contributed by atoms with Crippen molar-refractivity contribution >= 4 is 23.3 Å². The number of hydrogen-bond acceptors (Lipinski definition) is 3. The number of esters is 1. The molecule has 3 nitrogen and oxygen atoms in total. The molecule has 1 aromatic rings. The van der Waals surface area contributed by atoms with Gasteiger partial charge in [0.1, 0.15) is 0 Å². The van der Waals surface area contributed by atoms with Gasteiger partial charge in [-0.25, -0.2) is 4.79 Å². The first-order valence-electron chi connectivity index (χ1n) is 5.39. The number of rotatable bonds is 4. The summed E-state index contributed by atoms with van der Waals surface area (Å²) in [5.41, 5.74) is 6.46. The minimum Gasteiger partial charge on any atom is -0.462 e. The second kappa shape index (κ2) is 4.74. The van der Waals surface area contributed by atoms with Gasteiger partial charge in [0.05, 0.1) is 17.2 Å². The van der Waals surface area contributed by atoms with Gasteiger partial charge in [0.15, 0.2) is 0 Å². The van der Waals surface area contributed by atoms with Crippen molar-refractivity contribution in [3.63, 3.8) is 0 Å². The first-order chi connectivity index (χ1) is 7.66. The Kier molecular flexibility index (Phi) is 3.34. The molecule has 16 heavy (non-hydrogen) atoms. The molecule has 0 bridgehead atoms. The first-order valence-corrected chi connectivity index (χ1v) is 5.77. The van der Waals surface area contributed by atoms with Crippen molar-refractivity contribution in [2.24, 2.45) is 5.92 Å². The van der Waals surface area contributed by atoms with E-state index in [1.807, 2.05) is 0 Å². The third kappa shape index (κ3) is 2.89. The van der Waals surface area contributed by atoms with Gasteiger partial charge in [0, 0.05) is 5.69 Å². The second-order valence-electron chi connectivity index (χ2n) is 4.11. The summed E-state index contributed by atoms with van der Waals surface area (Å²) in [5, 5.41) is 0.344. The molecule has 0 saturated heterocycles. The number of benzene rings is 1. The maximum atomic E-state index is 11.6. The van der Waals surface area contributed by atoms with Crippen LogP contribution in [0, 0.1) is 5.92 Å². The molecule has 0 unspecified atom stereocenters. The van der Waals surface area contributed by atoms with E-state index in [2.05, 4.69) is 0 Å². The lowest BCUT2D eigenvalue weighted by molar-refractivity contribution is 0.0495. The lowest BCUT2D eigenvalue weighted by atomic mass is 10.2. The van der Waals surface area contributed by atoms with Crippen LogP contribution in [0.4, 0.5) is 5.69 Å². The van der Waals surface area contributed by atoms with Crippen molar-refractivity contribution < 1.29 is 9.53 Å². The molecular weight excluding hydrogens is 226 g/mol. The zero-order valence-electron chi connectivity index (χ0n) is 8.91. The van der Waals surface area contributed by atoms with Gasteiger partial charge in [0.2, 0.25) is 0 Å². The minimum atomic E-state index is -0.370. The standard InChI is InChI=1S/C12H14ClNO2/c13-11-7-9(14)3-4-10(11)12(15)16-6-5-8-1-2-8/h3-4,7-8H,1-2,5-6,14H2. The molecule has 1 aliphatic carbocycles. The Bertz CT molecular complexity index is 402. The van der Waals surface area contributed by atoms with Crippen LogP contribution in [0.2, 0.25) is 5.02 Å². The first kappa shape index (κ1) is 11.3. The molecule has 2 N–H and O–H groups in total. The largest absolute Gasteiger partial charge is 0.462 e. The van der Waals surface area contributed by atoms with Crippen LogP contribution in [-0.4, -0.2) is 12.6 Å². The topological polar surface area (TPSA) is 52.3 Å². The van der Waals surface area contributed by atoms with Gasteiger partial charge in [-0.05, 0) is 30.5 Å². The van der Waals surface area contributed by atoms with Crippen LogP contribution >= 0.6 is 11.6 Å². The summed E-state index contributed by atoms with van der Waals surface area (Å²) in [5.74, 6) is 0.389. The van der Waals surface area contributed by atoms with Crippen molar-refractivity contribution in [1.29, 1.82) is 0 Å². The third-order valence-corrected chi connectivity index (χ3v) is 2.98. The number of hydrogen-bond donors (Lipinski definition) is 1. The van der Waals surface area contributed by atoms with Crippen molar-refractivity contribution in [2.75, 3.05) is 12.3 Å². The summed E-state index contributed by atoms with van der Waals surface area (Å²) < 4.78 is 5.14. The van der Waals surface area contributed by atoms with Crippen molar-refractivity contribution in [3.05, 3.63) is 28.8 Å². The average molecular weight is 240 g/mol. The van der Waals surface area contributed by atoms with Crippen LogP contribution in [0.25, 0.3) is 0 Å². The van der Waals surface area contributed by atoms with Crippen LogP contribution in [0.15, 0.2) is 18.2 Å². The van der Waals surface area contributed by atoms with Gasteiger partial charge in [-0.2, -0.15) is 0 Å². The fourth-order valence-corrected chi connectivity index (χ4v) is 1.77. The molecule has 1 saturated carbocycles. The highest BCUT2D eigenvalue weighted by Gasteiger charge is 2.21. The Morgan fingerprint density at radius 1 is 1.50 bits per heavy atom. The quantitative estimate of drug-likeness (QED) is 0.649. The second-order valence-corrected chi connectivity index (χ2v) is 4.51. The molecule has 1 aliphatic rings. The highest BCUT2D eigenvalue weighted by Crippen LogP contribution is 2.32. The molecule has 0 aromatic heterocycles.